The van der Waals surface area contributed by atoms with Gasteiger partial charge < -0.3 is 0 Å². The third kappa shape index (κ3) is 2.95. The Kier molecular flexibility index (Phi) is 3.96. The molecule has 0 aliphatic rings. The zero-order valence-corrected chi connectivity index (χ0v) is 12.6. The summed E-state index contributed by atoms with van der Waals surface area (Å²) in [5.74, 6) is 0.344. The molecule has 0 atom stereocenters. The molecule has 0 aliphatic heterocycles. The number of fused-ring (bicyclic) bond motifs is 1. The molecule has 2 aromatic heterocycles. The fraction of sp³-hybridized carbons (Fsp3) is 0.267. The average Bonchev–Trinajstić information content (AvgIpc) is 3.05. The molecular weight excluding hydrogens is 284 g/mol. The predicted molar refractivity (Wildman–Crippen MR) is 84.5 cm³/mol. The molecule has 1 amide bonds. The topological polar surface area (TPSA) is 59.3 Å². The fourth-order valence-electron chi connectivity index (χ4n) is 2.07. The third-order valence-electron chi connectivity index (χ3n) is 3.16. The standard InChI is InChI=1S/C15H16N4OS/c1-2-3-9-13(20)16-14-17-15-19(18-14)12(10-21-15)11-7-5-4-6-8-11/h4-8,10H,2-3,9H2,1H3,(H,16,18,20). The van der Waals surface area contributed by atoms with E-state index in [2.05, 4.69) is 22.3 Å². The number of thiazole rings is 1. The van der Waals surface area contributed by atoms with Crippen molar-refractivity contribution in [3.05, 3.63) is 35.7 Å². The van der Waals surface area contributed by atoms with Crippen molar-refractivity contribution >= 4 is 28.2 Å². The number of carbonyl (C=O) groups is 1. The Balaban J connectivity index is 1.85. The molecule has 5 nitrogen and oxygen atoms in total. The molecule has 0 aliphatic carbocycles. The second-order valence-corrected chi connectivity index (χ2v) is 5.61. The Morgan fingerprint density at radius 2 is 2.14 bits per heavy atom. The highest BCUT2D eigenvalue weighted by atomic mass is 32.1. The van der Waals surface area contributed by atoms with Crippen LogP contribution in [0, 0.1) is 0 Å². The van der Waals surface area contributed by atoms with Crippen molar-refractivity contribution < 1.29 is 4.79 Å². The summed E-state index contributed by atoms with van der Waals surface area (Å²) in [6.07, 6.45) is 2.38. The molecule has 0 bridgehead atoms. The molecular formula is C15H16N4OS. The molecule has 21 heavy (non-hydrogen) atoms. The fourth-order valence-corrected chi connectivity index (χ4v) is 2.90. The first-order valence-corrected chi connectivity index (χ1v) is 7.85. The Morgan fingerprint density at radius 1 is 1.33 bits per heavy atom. The smallest absolute Gasteiger partial charge is 0.250 e. The number of nitrogens with one attached hydrogen (secondary N) is 1. The molecule has 0 unspecified atom stereocenters. The second kappa shape index (κ2) is 6.05. The number of amides is 1. The summed E-state index contributed by atoms with van der Waals surface area (Å²) in [5, 5.41) is 9.16. The van der Waals surface area contributed by atoms with Crippen molar-refractivity contribution in [1.82, 2.24) is 14.6 Å². The number of unbranched alkanes of at least 4 members (excludes halogenated alkanes) is 1. The quantitative estimate of drug-likeness (QED) is 0.783. The van der Waals surface area contributed by atoms with Crippen molar-refractivity contribution in [3.8, 4) is 11.3 Å². The summed E-state index contributed by atoms with van der Waals surface area (Å²) in [5.41, 5.74) is 2.06. The van der Waals surface area contributed by atoms with Crippen LogP contribution in [-0.2, 0) is 4.79 Å². The predicted octanol–water partition coefficient (Wildman–Crippen LogP) is 3.59. The van der Waals surface area contributed by atoms with E-state index in [0.717, 1.165) is 29.1 Å². The van der Waals surface area contributed by atoms with Crippen molar-refractivity contribution in [2.75, 3.05) is 5.32 Å². The van der Waals surface area contributed by atoms with Crippen molar-refractivity contribution in [2.45, 2.75) is 26.2 Å². The number of hydrogen-bond donors (Lipinski definition) is 1. The van der Waals surface area contributed by atoms with Gasteiger partial charge in [-0.05, 0) is 6.42 Å². The number of anilines is 1. The van der Waals surface area contributed by atoms with Gasteiger partial charge in [0, 0.05) is 17.4 Å². The van der Waals surface area contributed by atoms with Crippen molar-refractivity contribution in [2.24, 2.45) is 0 Å². The normalized spacial score (nSPS) is 10.9. The van der Waals surface area contributed by atoms with Crippen molar-refractivity contribution in [3.63, 3.8) is 0 Å². The Labute approximate surface area is 126 Å². The highest BCUT2D eigenvalue weighted by Gasteiger charge is 2.12. The molecule has 2 heterocycles. The van der Waals surface area contributed by atoms with Gasteiger partial charge in [-0.1, -0.05) is 43.7 Å². The molecule has 1 aromatic carbocycles. The van der Waals surface area contributed by atoms with Crippen LogP contribution in [0.25, 0.3) is 16.2 Å². The minimum atomic E-state index is -0.0311. The lowest BCUT2D eigenvalue weighted by Gasteiger charge is -1.99. The van der Waals surface area contributed by atoms with Gasteiger partial charge in [0.15, 0.2) is 0 Å². The number of nitrogens with zero attached hydrogens (tertiary/aromatic N) is 3. The summed E-state index contributed by atoms with van der Waals surface area (Å²) in [7, 11) is 0. The number of aromatic nitrogens is 3. The molecule has 108 valence electrons. The van der Waals surface area contributed by atoms with Crippen LogP contribution >= 0.6 is 11.3 Å². The number of rotatable bonds is 5. The SMILES string of the molecule is CCCCC(=O)Nc1nc2scc(-c3ccccc3)n2n1. The molecule has 0 saturated heterocycles. The van der Waals surface area contributed by atoms with Crippen LogP contribution < -0.4 is 5.32 Å². The van der Waals surface area contributed by atoms with Crippen LogP contribution in [-0.4, -0.2) is 20.5 Å². The maximum absolute atomic E-state index is 11.7. The van der Waals surface area contributed by atoms with E-state index in [1.807, 2.05) is 35.7 Å². The van der Waals surface area contributed by atoms with Gasteiger partial charge in [-0.15, -0.1) is 16.4 Å². The Hall–Kier alpha value is -2.21. The summed E-state index contributed by atoms with van der Waals surface area (Å²) < 4.78 is 1.77. The average molecular weight is 300 g/mol. The van der Waals surface area contributed by atoms with E-state index in [9.17, 15) is 4.79 Å². The van der Waals surface area contributed by atoms with Crippen molar-refractivity contribution in [1.29, 1.82) is 0 Å². The number of hydrogen-bond acceptors (Lipinski definition) is 4. The second-order valence-electron chi connectivity index (χ2n) is 4.77. The van der Waals surface area contributed by atoms with E-state index in [4.69, 9.17) is 0 Å². The highest BCUT2D eigenvalue weighted by molar-refractivity contribution is 7.15. The van der Waals surface area contributed by atoms with Gasteiger partial charge >= 0.3 is 0 Å². The molecule has 0 radical (unpaired) electrons. The molecule has 6 heteroatoms. The number of carbonyl (C=O) groups excluding carboxylic acids is 1. The van der Waals surface area contributed by atoms with Crippen LogP contribution in [0.5, 0.6) is 0 Å². The highest BCUT2D eigenvalue weighted by Crippen LogP contribution is 2.25. The summed E-state index contributed by atoms with van der Waals surface area (Å²) in [4.78, 5) is 16.9. The van der Waals surface area contributed by atoms with Gasteiger partial charge in [-0.25, -0.2) is 4.52 Å². The first-order valence-electron chi connectivity index (χ1n) is 6.97. The first-order chi connectivity index (χ1) is 10.3. The summed E-state index contributed by atoms with van der Waals surface area (Å²) >= 11 is 1.51. The van der Waals surface area contributed by atoms with E-state index in [-0.39, 0.29) is 5.91 Å². The lowest BCUT2D eigenvalue weighted by Crippen LogP contribution is -2.12. The Morgan fingerprint density at radius 3 is 2.90 bits per heavy atom. The molecule has 1 N–H and O–H groups in total. The van der Waals surface area contributed by atoms with Gasteiger partial charge in [0.05, 0.1) is 5.69 Å². The van der Waals surface area contributed by atoms with Crippen LogP contribution in [0.4, 0.5) is 5.95 Å². The lowest BCUT2D eigenvalue weighted by molar-refractivity contribution is -0.116. The molecule has 3 rings (SSSR count). The van der Waals surface area contributed by atoms with Crippen LogP contribution in [0.3, 0.4) is 0 Å². The third-order valence-corrected chi connectivity index (χ3v) is 3.98. The van der Waals surface area contributed by atoms with E-state index >= 15 is 0 Å². The maximum Gasteiger partial charge on any atom is 0.250 e. The van der Waals surface area contributed by atoms with Crippen LogP contribution in [0.15, 0.2) is 35.7 Å². The van der Waals surface area contributed by atoms with Gasteiger partial charge in [0.1, 0.15) is 0 Å². The van der Waals surface area contributed by atoms with E-state index < -0.39 is 0 Å². The van der Waals surface area contributed by atoms with Gasteiger partial charge in [-0.2, -0.15) is 4.98 Å². The van der Waals surface area contributed by atoms with Gasteiger partial charge in [0.2, 0.25) is 16.8 Å². The largest absolute Gasteiger partial charge is 0.293 e. The van der Waals surface area contributed by atoms with E-state index in [1.54, 1.807) is 4.52 Å². The molecule has 0 saturated carbocycles. The van der Waals surface area contributed by atoms with Crippen LogP contribution in [0.1, 0.15) is 26.2 Å². The Bertz CT molecular complexity index is 747. The monoisotopic (exact) mass is 300 g/mol. The summed E-state index contributed by atoms with van der Waals surface area (Å²) in [6, 6.07) is 10.0. The van der Waals surface area contributed by atoms with Gasteiger partial charge in [0.25, 0.3) is 0 Å². The summed E-state index contributed by atoms with van der Waals surface area (Å²) in [6.45, 7) is 2.06. The minimum Gasteiger partial charge on any atom is -0.293 e. The lowest BCUT2D eigenvalue weighted by atomic mass is 10.2. The molecule has 0 fully saturated rings. The zero-order chi connectivity index (χ0) is 14.7. The molecule has 0 spiro atoms. The van der Waals surface area contributed by atoms with E-state index in [0.29, 0.717) is 12.4 Å². The first kappa shape index (κ1) is 13.8. The number of benzene rings is 1. The van der Waals surface area contributed by atoms with Gasteiger partial charge in [-0.3, -0.25) is 10.1 Å². The maximum atomic E-state index is 11.7. The molecule has 3 aromatic rings. The minimum absolute atomic E-state index is 0.0311. The zero-order valence-electron chi connectivity index (χ0n) is 11.7. The van der Waals surface area contributed by atoms with Crippen LogP contribution in [0.2, 0.25) is 0 Å². The van der Waals surface area contributed by atoms with E-state index in [1.165, 1.54) is 11.3 Å².